The highest BCUT2D eigenvalue weighted by atomic mass is 79.9. The zero-order chi connectivity index (χ0) is 14.8. The first kappa shape index (κ1) is 14.1. The van der Waals surface area contributed by atoms with Crippen LogP contribution in [-0.2, 0) is 12.8 Å². The number of aromatic carboxylic acids is 1. The molecule has 2 aromatic rings. The zero-order valence-electron chi connectivity index (χ0n) is 11.3. The van der Waals surface area contributed by atoms with Gasteiger partial charge in [-0.3, -0.25) is 0 Å². The normalized spacial score (nSPS) is 17.1. The minimum atomic E-state index is -0.970. The molecule has 1 aromatic carbocycles. The minimum absolute atomic E-state index is 0.197. The predicted molar refractivity (Wildman–Crippen MR) is 84.8 cm³/mol. The fourth-order valence-electron chi connectivity index (χ4n) is 2.73. The van der Waals surface area contributed by atoms with E-state index in [0.29, 0.717) is 10.3 Å². The number of carboxylic acids is 1. The average molecular weight is 347 g/mol. The largest absolute Gasteiger partial charge is 0.478 e. The summed E-state index contributed by atoms with van der Waals surface area (Å²) < 4.78 is 0.666. The van der Waals surface area contributed by atoms with Gasteiger partial charge in [-0.1, -0.05) is 24.3 Å². The van der Waals surface area contributed by atoms with Crippen LogP contribution >= 0.6 is 15.9 Å². The summed E-state index contributed by atoms with van der Waals surface area (Å²) in [5.41, 5.74) is 2.91. The molecule has 1 atom stereocenters. The Hall–Kier alpha value is -1.88. The van der Waals surface area contributed by atoms with Crippen molar-refractivity contribution in [2.45, 2.75) is 25.3 Å². The van der Waals surface area contributed by atoms with Crippen LogP contribution in [0, 0.1) is 0 Å². The van der Waals surface area contributed by atoms with Gasteiger partial charge in [0.1, 0.15) is 11.4 Å². The van der Waals surface area contributed by atoms with Gasteiger partial charge in [-0.05, 0) is 52.4 Å². The Bertz CT molecular complexity index is 688. The number of anilines is 1. The van der Waals surface area contributed by atoms with Crippen molar-refractivity contribution in [1.82, 2.24) is 4.98 Å². The Morgan fingerprint density at radius 3 is 2.86 bits per heavy atom. The van der Waals surface area contributed by atoms with E-state index < -0.39 is 5.97 Å². The van der Waals surface area contributed by atoms with Crippen LogP contribution in [0.25, 0.3) is 0 Å². The lowest BCUT2D eigenvalue weighted by molar-refractivity contribution is 0.0697. The molecule has 5 heteroatoms. The van der Waals surface area contributed by atoms with Crippen LogP contribution in [0.5, 0.6) is 0 Å². The van der Waals surface area contributed by atoms with Crippen molar-refractivity contribution in [3.63, 3.8) is 0 Å². The number of fused-ring (bicyclic) bond motifs is 1. The average Bonchev–Trinajstić information content (AvgIpc) is 2.49. The van der Waals surface area contributed by atoms with Gasteiger partial charge in [-0.25, -0.2) is 9.78 Å². The number of hydrogen-bond donors (Lipinski definition) is 2. The number of aromatic nitrogens is 1. The first-order valence-electron chi connectivity index (χ1n) is 6.85. The molecule has 0 saturated heterocycles. The Morgan fingerprint density at radius 1 is 1.33 bits per heavy atom. The number of carbonyl (C=O) groups is 1. The molecular weight excluding hydrogens is 332 g/mol. The van der Waals surface area contributed by atoms with E-state index in [-0.39, 0.29) is 11.6 Å². The molecule has 4 nitrogen and oxygen atoms in total. The topological polar surface area (TPSA) is 62.2 Å². The van der Waals surface area contributed by atoms with Gasteiger partial charge in [-0.15, -0.1) is 0 Å². The summed E-state index contributed by atoms with van der Waals surface area (Å²) in [4.78, 5) is 15.5. The second-order valence-corrected chi connectivity index (χ2v) is 6.12. The number of hydrogen-bond acceptors (Lipinski definition) is 3. The number of aryl methyl sites for hydroxylation is 1. The lowest BCUT2D eigenvalue weighted by atomic mass is 9.88. The number of nitrogens with one attached hydrogen (secondary N) is 1. The molecule has 0 radical (unpaired) electrons. The second-order valence-electron chi connectivity index (χ2n) is 5.21. The van der Waals surface area contributed by atoms with E-state index in [9.17, 15) is 9.90 Å². The summed E-state index contributed by atoms with van der Waals surface area (Å²) in [5.74, 6) is -0.530. The van der Waals surface area contributed by atoms with Crippen LogP contribution < -0.4 is 5.32 Å². The second kappa shape index (κ2) is 5.85. The molecule has 0 aliphatic heterocycles. The molecule has 1 unspecified atom stereocenters. The number of rotatable bonds is 3. The summed E-state index contributed by atoms with van der Waals surface area (Å²) in [6, 6.07) is 10.2. The number of halogens is 1. The van der Waals surface area contributed by atoms with Crippen molar-refractivity contribution in [3.05, 3.63) is 57.7 Å². The highest BCUT2D eigenvalue weighted by Gasteiger charge is 2.21. The van der Waals surface area contributed by atoms with Crippen LogP contribution in [0.15, 0.2) is 41.0 Å². The van der Waals surface area contributed by atoms with Crippen molar-refractivity contribution in [3.8, 4) is 0 Å². The van der Waals surface area contributed by atoms with Gasteiger partial charge < -0.3 is 10.4 Å². The fourth-order valence-corrected chi connectivity index (χ4v) is 3.06. The highest BCUT2D eigenvalue weighted by Crippen LogP contribution is 2.25. The molecule has 108 valence electrons. The molecular formula is C16H15BrN2O2. The van der Waals surface area contributed by atoms with Gasteiger partial charge in [0.15, 0.2) is 0 Å². The Labute approximate surface area is 131 Å². The fraction of sp³-hybridized carbons (Fsp3) is 0.250. The minimum Gasteiger partial charge on any atom is -0.478 e. The third-order valence-corrected chi connectivity index (χ3v) is 4.21. The SMILES string of the molecule is O=C(O)c1cc(Br)cnc1NC1CCc2ccccc2C1. The molecule has 0 saturated carbocycles. The van der Waals surface area contributed by atoms with E-state index in [0.717, 1.165) is 19.3 Å². The summed E-state index contributed by atoms with van der Waals surface area (Å²) in [5, 5.41) is 12.6. The molecule has 21 heavy (non-hydrogen) atoms. The zero-order valence-corrected chi connectivity index (χ0v) is 12.9. The lowest BCUT2D eigenvalue weighted by Crippen LogP contribution is -2.28. The van der Waals surface area contributed by atoms with E-state index >= 15 is 0 Å². The molecule has 0 bridgehead atoms. The van der Waals surface area contributed by atoms with Crippen molar-refractivity contribution < 1.29 is 9.90 Å². The van der Waals surface area contributed by atoms with Crippen molar-refractivity contribution >= 4 is 27.7 Å². The maximum atomic E-state index is 11.3. The van der Waals surface area contributed by atoms with E-state index in [1.807, 2.05) is 6.07 Å². The van der Waals surface area contributed by atoms with Crippen LogP contribution in [0.3, 0.4) is 0 Å². The van der Waals surface area contributed by atoms with Crippen molar-refractivity contribution in [2.24, 2.45) is 0 Å². The molecule has 0 amide bonds. The molecule has 1 heterocycles. The maximum absolute atomic E-state index is 11.3. The Balaban J connectivity index is 1.81. The summed E-state index contributed by atoms with van der Waals surface area (Å²) in [6.45, 7) is 0. The monoisotopic (exact) mass is 346 g/mol. The predicted octanol–water partition coefficient (Wildman–Crippen LogP) is 3.51. The molecule has 0 fully saturated rings. The number of nitrogens with zero attached hydrogens (tertiary/aromatic N) is 1. The van der Waals surface area contributed by atoms with E-state index in [1.54, 1.807) is 12.3 Å². The molecule has 1 aromatic heterocycles. The Morgan fingerprint density at radius 2 is 2.10 bits per heavy atom. The number of pyridine rings is 1. The smallest absolute Gasteiger partial charge is 0.339 e. The van der Waals surface area contributed by atoms with Crippen LogP contribution in [0.2, 0.25) is 0 Å². The summed E-state index contributed by atoms with van der Waals surface area (Å²) in [7, 11) is 0. The third-order valence-electron chi connectivity index (χ3n) is 3.77. The maximum Gasteiger partial charge on any atom is 0.339 e. The van der Waals surface area contributed by atoms with E-state index in [1.165, 1.54) is 11.1 Å². The van der Waals surface area contributed by atoms with Gasteiger partial charge in [0, 0.05) is 16.7 Å². The summed E-state index contributed by atoms with van der Waals surface area (Å²) >= 11 is 3.26. The van der Waals surface area contributed by atoms with Crippen LogP contribution in [0.1, 0.15) is 27.9 Å². The number of benzene rings is 1. The highest BCUT2D eigenvalue weighted by molar-refractivity contribution is 9.10. The van der Waals surface area contributed by atoms with Gasteiger partial charge in [0.25, 0.3) is 0 Å². The van der Waals surface area contributed by atoms with Crippen LogP contribution in [-0.4, -0.2) is 22.1 Å². The van der Waals surface area contributed by atoms with Gasteiger partial charge in [0.05, 0.1) is 0 Å². The molecule has 1 aliphatic rings. The van der Waals surface area contributed by atoms with Gasteiger partial charge >= 0.3 is 5.97 Å². The standard InChI is InChI=1S/C16H15BrN2O2/c17-12-8-14(16(20)21)15(18-9-12)19-13-6-5-10-3-1-2-4-11(10)7-13/h1-4,8-9,13H,5-7H2,(H,18,19)(H,20,21). The third kappa shape index (κ3) is 3.08. The van der Waals surface area contributed by atoms with Crippen molar-refractivity contribution in [1.29, 1.82) is 0 Å². The van der Waals surface area contributed by atoms with Gasteiger partial charge in [0.2, 0.25) is 0 Å². The van der Waals surface area contributed by atoms with Crippen LogP contribution in [0.4, 0.5) is 5.82 Å². The Kier molecular flexibility index (Phi) is 3.92. The van der Waals surface area contributed by atoms with E-state index in [2.05, 4.69) is 44.4 Å². The van der Waals surface area contributed by atoms with E-state index in [4.69, 9.17) is 0 Å². The van der Waals surface area contributed by atoms with Gasteiger partial charge in [-0.2, -0.15) is 0 Å². The quantitative estimate of drug-likeness (QED) is 0.892. The first-order valence-corrected chi connectivity index (χ1v) is 7.65. The molecule has 2 N–H and O–H groups in total. The molecule has 1 aliphatic carbocycles. The molecule has 0 spiro atoms. The first-order chi connectivity index (χ1) is 10.1. The summed E-state index contributed by atoms with van der Waals surface area (Å²) in [6.07, 6.45) is 4.50. The molecule has 3 rings (SSSR count). The van der Waals surface area contributed by atoms with Crippen molar-refractivity contribution in [2.75, 3.05) is 5.32 Å². The lowest BCUT2D eigenvalue weighted by Gasteiger charge is -2.26. The number of carboxylic acid groups (broad SMARTS) is 1.